The third kappa shape index (κ3) is 2.50. The van der Waals surface area contributed by atoms with Crippen LogP contribution in [0.25, 0.3) is 0 Å². The van der Waals surface area contributed by atoms with Gasteiger partial charge in [0.05, 0.1) is 12.1 Å². The number of carbonyl (C=O) groups is 1. The van der Waals surface area contributed by atoms with Crippen LogP contribution in [0.15, 0.2) is 17.8 Å². The molecule has 0 radical (unpaired) electrons. The monoisotopic (exact) mass is 289 g/mol. The number of carbonyl (C=O) groups excluding carboxylic acids is 1. The molecule has 2 heterocycles. The average molecular weight is 289 g/mol. The van der Waals surface area contributed by atoms with Crippen molar-refractivity contribution in [3.05, 3.63) is 39.6 Å². The summed E-state index contributed by atoms with van der Waals surface area (Å²) in [4.78, 5) is 17.9. The smallest absolute Gasteiger partial charge is 0.252 e. The fraction of sp³-hybridized carbons (Fsp3) is 0.467. The molecule has 106 valence electrons. The van der Waals surface area contributed by atoms with Gasteiger partial charge in [0.2, 0.25) is 0 Å². The number of thiophene rings is 1. The molecule has 0 fully saturated rings. The molecule has 2 aromatic heterocycles. The van der Waals surface area contributed by atoms with Crippen LogP contribution in [0, 0.1) is 5.92 Å². The number of amides is 1. The fourth-order valence-electron chi connectivity index (χ4n) is 2.69. The van der Waals surface area contributed by atoms with Gasteiger partial charge in [0, 0.05) is 29.7 Å². The summed E-state index contributed by atoms with van der Waals surface area (Å²) >= 11 is 1.73. The Morgan fingerprint density at radius 2 is 2.45 bits per heavy atom. The Morgan fingerprint density at radius 1 is 1.60 bits per heavy atom. The molecule has 5 heteroatoms. The van der Waals surface area contributed by atoms with Crippen molar-refractivity contribution in [2.45, 2.75) is 32.7 Å². The van der Waals surface area contributed by atoms with Crippen LogP contribution >= 0.6 is 11.3 Å². The van der Waals surface area contributed by atoms with Gasteiger partial charge in [0.1, 0.15) is 5.82 Å². The Morgan fingerprint density at radius 3 is 3.20 bits per heavy atom. The summed E-state index contributed by atoms with van der Waals surface area (Å²) < 4.78 is 1.92. The van der Waals surface area contributed by atoms with Crippen LogP contribution < -0.4 is 5.32 Å². The Labute approximate surface area is 122 Å². The lowest BCUT2D eigenvalue weighted by molar-refractivity contribution is 0.0949. The third-order valence-corrected chi connectivity index (χ3v) is 5.03. The maximum Gasteiger partial charge on any atom is 0.252 e. The Balaban J connectivity index is 1.70. The molecule has 0 aliphatic heterocycles. The minimum absolute atomic E-state index is 0.0278. The van der Waals surface area contributed by atoms with Crippen LogP contribution in [-0.4, -0.2) is 15.5 Å². The van der Waals surface area contributed by atoms with Gasteiger partial charge in [0.25, 0.3) is 5.91 Å². The summed E-state index contributed by atoms with van der Waals surface area (Å²) in [6.07, 6.45) is 6.96. The predicted molar refractivity (Wildman–Crippen MR) is 79.9 cm³/mol. The molecule has 1 amide bonds. The van der Waals surface area contributed by atoms with E-state index in [-0.39, 0.29) is 5.91 Å². The highest BCUT2D eigenvalue weighted by molar-refractivity contribution is 7.10. The first-order valence-corrected chi connectivity index (χ1v) is 7.86. The molecule has 1 aliphatic carbocycles. The number of aryl methyl sites for hydroxylation is 1. The van der Waals surface area contributed by atoms with E-state index in [2.05, 4.69) is 17.2 Å². The van der Waals surface area contributed by atoms with Gasteiger partial charge in [-0.05, 0) is 30.7 Å². The molecule has 0 bridgehead atoms. The van der Waals surface area contributed by atoms with Crippen LogP contribution in [0.5, 0.6) is 0 Å². The van der Waals surface area contributed by atoms with Gasteiger partial charge in [-0.15, -0.1) is 11.3 Å². The molecule has 2 aromatic rings. The maximum absolute atomic E-state index is 12.3. The van der Waals surface area contributed by atoms with E-state index < -0.39 is 0 Å². The number of imidazole rings is 1. The van der Waals surface area contributed by atoms with Crippen LogP contribution in [0.4, 0.5) is 0 Å². The molecule has 1 N–H and O–H groups in total. The summed E-state index contributed by atoms with van der Waals surface area (Å²) in [5, 5.41) is 4.98. The molecule has 0 aromatic carbocycles. The standard InChI is InChI=1S/C15H19N3OS/c1-10-3-4-11-12(9-20-13(11)7-10)15(19)17-8-14-16-5-6-18(14)2/h5-6,9-10H,3-4,7-8H2,1-2H3,(H,17,19)/t10-/m1/s1. The van der Waals surface area contributed by atoms with Crippen molar-refractivity contribution >= 4 is 17.2 Å². The van der Waals surface area contributed by atoms with E-state index in [0.29, 0.717) is 6.54 Å². The number of aromatic nitrogens is 2. The number of nitrogens with zero attached hydrogens (tertiary/aromatic N) is 2. The van der Waals surface area contributed by atoms with Crippen molar-refractivity contribution < 1.29 is 4.79 Å². The van der Waals surface area contributed by atoms with Gasteiger partial charge in [-0.25, -0.2) is 4.98 Å². The van der Waals surface area contributed by atoms with Crippen molar-refractivity contribution in [3.63, 3.8) is 0 Å². The lowest BCUT2D eigenvalue weighted by Crippen LogP contribution is -2.25. The summed E-state index contributed by atoms with van der Waals surface area (Å²) in [5.41, 5.74) is 2.14. The van der Waals surface area contributed by atoms with Crippen LogP contribution in [0.3, 0.4) is 0 Å². The zero-order valence-electron chi connectivity index (χ0n) is 11.8. The van der Waals surface area contributed by atoms with E-state index in [0.717, 1.165) is 30.1 Å². The average Bonchev–Trinajstić information content (AvgIpc) is 3.02. The van der Waals surface area contributed by atoms with Crippen molar-refractivity contribution in [2.24, 2.45) is 13.0 Å². The van der Waals surface area contributed by atoms with Gasteiger partial charge in [-0.3, -0.25) is 4.79 Å². The van der Waals surface area contributed by atoms with E-state index >= 15 is 0 Å². The highest BCUT2D eigenvalue weighted by Gasteiger charge is 2.23. The van der Waals surface area contributed by atoms with Crippen LogP contribution in [0.2, 0.25) is 0 Å². The van der Waals surface area contributed by atoms with E-state index in [1.54, 1.807) is 17.5 Å². The van der Waals surface area contributed by atoms with Crippen molar-refractivity contribution in [1.82, 2.24) is 14.9 Å². The van der Waals surface area contributed by atoms with Gasteiger partial charge in [0.15, 0.2) is 0 Å². The zero-order valence-corrected chi connectivity index (χ0v) is 12.7. The summed E-state index contributed by atoms with van der Waals surface area (Å²) in [7, 11) is 1.93. The predicted octanol–water partition coefficient (Wildman–Crippen LogP) is 2.54. The minimum Gasteiger partial charge on any atom is -0.345 e. The zero-order chi connectivity index (χ0) is 14.1. The lowest BCUT2D eigenvalue weighted by atomic mass is 9.88. The molecule has 1 atom stereocenters. The third-order valence-electron chi connectivity index (χ3n) is 3.97. The highest BCUT2D eigenvalue weighted by atomic mass is 32.1. The SMILES string of the molecule is C[C@@H]1CCc2c(C(=O)NCc3nccn3C)csc2C1. The Bertz CT molecular complexity index is 629. The number of nitrogens with one attached hydrogen (secondary N) is 1. The van der Waals surface area contributed by atoms with Gasteiger partial charge in [-0.1, -0.05) is 6.92 Å². The largest absolute Gasteiger partial charge is 0.345 e. The van der Waals surface area contributed by atoms with E-state index in [1.807, 2.05) is 23.2 Å². The molecule has 0 saturated heterocycles. The van der Waals surface area contributed by atoms with Crippen molar-refractivity contribution in [3.8, 4) is 0 Å². The summed E-state index contributed by atoms with van der Waals surface area (Å²) in [6.45, 7) is 2.76. The number of rotatable bonds is 3. The van der Waals surface area contributed by atoms with Gasteiger partial charge >= 0.3 is 0 Å². The lowest BCUT2D eigenvalue weighted by Gasteiger charge is -2.18. The molecular weight excluding hydrogens is 270 g/mol. The van der Waals surface area contributed by atoms with Gasteiger partial charge < -0.3 is 9.88 Å². The van der Waals surface area contributed by atoms with Gasteiger partial charge in [-0.2, -0.15) is 0 Å². The normalized spacial score (nSPS) is 17.8. The van der Waals surface area contributed by atoms with Crippen molar-refractivity contribution in [2.75, 3.05) is 0 Å². The molecule has 4 nitrogen and oxygen atoms in total. The molecule has 0 spiro atoms. The van der Waals surface area contributed by atoms with Crippen molar-refractivity contribution in [1.29, 1.82) is 0 Å². The number of hydrogen-bond donors (Lipinski definition) is 1. The van der Waals surface area contributed by atoms with Crippen LogP contribution in [-0.2, 0) is 26.4 Å². The minimum atomic E-state index is 0.0278. The molecular formula is C15H19N3OS. The first-order chi connectivity index (χ1) is 9.65. The topological polar surface area (TPSA) is 46.9 Å². The van der Waals surface area contributed by atoms with E-state index in [4.69, 9.17) is 0 Å². The quantitative estimate of drug-likeness (QED) is 0.944. The summed E-state index contributed by atoms with van der Waals surface area (Å²) in [5.74, 6) is 1.64. The molecule has 20 heavy (non-hydrogen) atoms. The second-order valence-electron chi connectivity index (χ2n) is 5.54. The number of hydrogen-bond acceptors (Lipinski definition) is 3. The molecule has 0 unspecified atom stereocenters. The molecule has 1 aliphatic rings. The highest BCUT2D eigenvalue weighted by Crippen LogP contribution is 2.32. The second-order valence-corrected chi connectivity index (χ2v) is 6.50. The number of fused-ring (bicyclic) bond motifs is 1. The molecule has 3 rings (SSSR count). The summed E-state index contributed by atoms with van der Waals surface area (Å²) in [6, 6.07) is 0. The van der Waals surface area contributed by atoms with Crippen LogP contribution in [0.1, 0.15) is 40.0 Å². The Hall–Kier alpha value is -1.62. The maximum atomic E-state index is 12.3. The second kappa shape index (κ2) is 5.40. The van der Waals surface area contributed by atoms with E-state index in [9.17, 15) is 4.79 Å². The molecule has 0 saturated carbocycles. The Kier molecular flexibility index (Phi) is 3.61. The fourth-order valence-corrected chi connectivity index (χ4v) is 3.93. The van der Waals surface area contributed by atoms with E-state index in [1.165, 1.54) is 16.9 Å². The first kappa shape index (κ1) is 13.4. The first-order valence-electron chi connectivity index (χ1n) is 6.98.